The molecule has 1 unspecified atom stereocenters. The number of benzene rings is 1. The van der Waals surface area contributed by atoms with E-state index in [4.69, 9.17) is 8.83 Å². The van der Waals surface area contributed by atoms with Gasteiger partial charge in [0, 0.05) is 18.5 Å². The molecule has 0 aliphatic carbocycles. The van der Waals surface area contributed by atoms with Crippen LogP contribution in [0.1, 0.15) is 24.5 Å². The average molecular weight is 295 g/mol. The van der Waals surface area contributed by atoms with E-state index in [0.29, 0.717) is 5.76 Å². The molecule has 0 aliphatic heterocycles. The summed E-state index contributed by atoms with van der Waals surface area (Å²) in [5.41, 5.74) is 0.812. The fourth-order valence-electron chi connectivity index (χ4n) is 2.27. The zero-order valence-corrected chi connectivity index (χ0v) is 12.5. The standard InChI is InChI=1S/C18H17NO3/c1-13(16-8-5-11-21-16)19(2)18(20)10-9-15-12-14-6-3-4-7-17(14)22-15/h3-13H,1-2H3/b10-9+. The zero-order chi connectivity index (χ0) is 15.5. The largest absolute Gasteiger partial charge is 0.467 e. The zero-order valence-electron chi connectivity index (χ0n) is 12.5. The van der Waals surface area contributed by atoms with Gasteiger partial charge in [-0.15, -0.1) is 0 Å². The first-order valence-electron chi connectivity index (χ1n) is 7.12. The summed E-state index contributed by atoms with van der Waals surface area (Å²) in [4.78, 5) is 13.8. The summed E-state index contributed by atoms with van der Waals surface area (Å²) in [5, 5.41) is 1.02. The van der Waals surface area contributed by atoms with Gasteiger partial charge in [0.25, 0.3) is 0 Å². The maximum atomic E-state index is 12.2. The van der Waals surface area contributed by atoms with Crippen LogP contribution in [0.3, 0.4) is 0 Å². The first kappa shape index (κ1) is 14.2. The number of hydrogen-bond acceptors (Lipinski definition) is 3. The van der Waals surface area contributed by atoms with Gasteiger partial charge in [-0.2, -0.15) is 0 Å². The van der Waals surface area contributed by atoms with Gasteiger partial charge < -0.3 is 13.7 Å². The number of furan rings is 2. The van der Waals surface area contributed by atoms with Crippen LogP contribution in [0.2, 0.25) is 0 Å². The van der Waals surface area contributed by atoms with Crippen molar-refractivity contribution in [3.8, 4) is 0 Å². The number of para-hydroxylation sites is 1. The summed E-state index contributed by atoms with van der Waals surface area (Å²) in [5.74, 6) is 1.31. The molecule has 22 heavy (non-hydrogen) atoms. The number of rotatable bonds is 4. The molecule has 1 aromatic carbocycles. The molecule has 1 atom stereocenters. The topological polar surface area (TPSA) is 46.6 Å². The van der Waals surface area contributed by atoms with Crippen molar-refractivity contribution in [3.63, 3.8) is 0 Å². The van der Waals surface area contributed by atoms with Gasteiger partial charge in [-0.1, -0.05) is 18.2 Å². The van der Waals surface area contributed by atoms with E-state index in [9.17, 15) is 4.79 Å². The lowest BCUT2D eigenvalue weighted by Crippen LogP contribution is -2.27. The Kier molecular flexibility index (Phi) is 3.83. The van der Waals surface area contributed by atoms with Gasteiger partial charge in [0.05, 0.1) is 12.3 Å². The van der Waals surface area contributed by atoms with Crippen LogP contribution in [0.15, 0.2) is 63.6 Å². The van der Waals surface area contributed by atoms with E-state index in [1.165, 1.54) is 6.08 Å². The highest BCUT2D eigenvalue weighted by Crippen LogP contribution is 2.21. The summed E-state index contributed by atoms with van der Waals surface area (Å²) in [6.45, 7) is 1.92. The number of carbonyl (C=O) groups excluding carboxylic acids is 1. The molecule has 0 spiro atoms. The summed E-state index contributed by atoms with van der Waals surface area (Å²) in [6, 6.07) is 13.2. The highest BCUT2D eigenvalue weighted by molar-refractivity contribution is 5.92. The van der Waals surface area contributed by atoms with E-state index < -0.39 is 0 Å². The Morgan fingerprint density at radius 2 is 2.05 bits per heavy atom. The smallest absolute Gasteiger partial charge is 0.247 e. The molecular formula is C18H17NO3. The fraction of sp³-hybridized carbons (Fsp3) is 0.167. The van der Waals surface area contributed by atoms with Gasteiger partial charge in [-0.3, -0.25) is 4.79 Å². The van der Waals surface area contributed by atoms with Gasteiger partial charge in [0.15, 0.2) is 0 Å². The average Bonchev–Trinajstić information content (AvgIpc) is 3.19. The van der Waals surface area contributed by atoms with Crippen LogP contribution in [0.4, 0.5) is 0 Å². The first-order valence-corrected chi connectivity index (χ1v) is 7.12. The molecule has 1 amide bonds. The normalized spacial score (nSPS) is 12.8. The van der Waals surface area contributed by atoms with E-state index in [1.807, 2.05) is 49.4 Å². The molecule has 0 saturated heterocycles. The highest BCUT2D eigenvalue weighted by Gasteiger charge is 2.17. The number of nitrogens with zero attached hydrogens (tertiary/aromatic N) is 1. The van der Waals surface area contributed by atoms with Gasteiger partial charge in [0.1, 0.15) is 17.1 Å². The third-order valence-corrected chi connectivity index (χ3v) is 3.72. The van der Waals surface area contributed by atoms with Crippen LogP contribution in [0.25, 0.3) is 17.0 Å². The Hall–Kier alpha value is -2.75. The van der Waals surface area contributed by atoms with Crippen LogP contribution in [0, 0.1) is 0 Å². The van der Waals surface area contributed by atoms with E-state index >= 15 is 0 Å². The maximum absolute atomic E-state index is 12.2. The van der Waals surface area contributed by atoms with Crippen LogP contribution in [-0.4, -0.2) is 17.9 Å². The second-order valence-corrected chi connectivity index (χ2v) is 5.16. The Labute approximate surface area is 128 Å². The van der Waals surface area contributed by atoms with Crippen molar-refractivity contribution >= 4 is 23.0 Å². The molecular weight excluding hydrogens is 278 g/mol. The number of hydrogen-bond donors (Lipinski definition) is 0. The van der Waals surface area contributed by atoms with Crippen molar-refractivity contribution < 1.29 is 13.6 Å². The third kappa shape index (κ3) is 2.81. The molecule has 2 aromatic heterocycles. The second kappa shape index (κ2) is 5.93. The Bertz CT molecular complexity index is 766. The fourth-order valence-corrected chi connectivity index (χ4v) is 2.27. The Morgan fingerprint density at radius 3 is 2.77 bits per heavy atom. The van der Waals surface area contributed by atoms with Crippen molar-refractivity contribution in [3.05, 3.63) is 66.3 Å². The van der Waals surface area contributed by atoms with Crippen molar-refractivity contribution in [2.45, 2.75) is 13.0 Å². The second-order valence-electron chi connectivity index (χ2n) is 5.16. The van der Waals surface area contributed by atoms with Gasteiger partial charge in [-0.05, 0) is 37.3 Å². The van der Waals surface area contributed by atoms with Gasteiger partial charge in [-0.25, -0.2) is 0 Å². The quantitative estimate of drug-likeness (QED) is 0.676. The van der Waals surface area contributed by atoms with Crippen molar-refractivity contribution in [2.24, 2.45) is 0 Å². The molecule has 0 bridgehead atoms. The minimum atomic E-state index is -0.122. The van der Waals surface area contributed by atoms with Crippen molar-refractivity contribution in [1.29, 1.82) is 0 Å². The summed E-state index contributed by atoms with van der Waals surface area (Å²) in [7, 11) is 1.75. The molecule has 0 fully saturated rings. The summed E-state index contributed by atoms with van der Waals surface area (Å²) in [6.07, 6.45) is 4.80. The minimum absolute atomic E-state index is 0.107. The summed E-state index contributed by atoms with van der Waals surface area (Å²) < 4.78 is 11.0. The van der Waals surface area contributed by atoms with E-state index in [1.54, 1.807) is 24.3 Å². The molecule has 0 N–H and O–H groups in total. The molecule has 4 heteroatoms. The van der Waals surface area contributed by atoms with Gasteiger partial charge in [0.2, 0.25) is 5.91 Å². The maximum Gasteiger partial charge on any atom is 0.247 e. The predicted molar refractivity (Wildman–Crippen MR) is 85.1 cm³/mol. The van der Waals surface area contributed by atoms with Crippen LogP contribution >= 0.6 is 0 Å². The van der Waals surface area contributed by atoms with E-state index in [-0.39, 0.29) is 11.9 Å². The van der Waals surface area contributed by atoms with Crippen molar-refractivity contribution in [1.82, 2.24) is 4.90 Å². The lowest BCUT2D eigenvalue weighted by atomic mass is 10.2. The van der Waals surface area contributed by atoms with E-state index in [2.05, 4.69) is 0 Å². The van der Waals surface area contributed by atoms with E-state index in [0.717, 1.165) is 16.7 Å². The lowest BCUT2D eigenvalue weighted by Gasteiger charge is -2.21. The molecule has 2 heterocycles. The third-order valence-electron chi connectivity index (χ3n) is 3.72. The molecule has 0 saturated carbocycles. The first-order chi connectivity index (χ1) is 10.6. The molecule has 0 aliphatic rings. The highest BCUT2D eigenvalue weighted by atomic mass is 16.3. The molecule has 0 radical (unpaired) electrons. The summed E-state index contributed by atoms with van der Waals surface area (Å²) >= 11 is 0. The van der Waals surface area contributed by atoms with Crippen LogP contribution < -0.4 is 0 Å². The van der Waals surface area contributed by atoms with Crippen LogP contribution in [-0.2, 0) is 4.79 Å². The monoisotopic (exact) mass is 295 g/mol. The van der Waals surface area contributed by atoms with Crippen LogP contribution in [0.5, 0.6) is 0 Å². The molecule has 3 rings (SSSR count). The Balaban J connectivity index is 1.72. The molecule has 112 valence electrons. The number of fused-ring (bicyclic) bond motifs is 1. The molecule has 3 aromatic rings. The predicted octanol–water partition coefficient (Wildman–Crippen LogP) is 4.26. The minimum Gasteiger partial charge on any atom is -0.467 e. The lowest BCUT2D eigenvalue weighted by molar-refractivity contribution is -0.126. The molecule has 4 nitrogen and oxygen atoms in total. The number of likely N-dealkylation sites (N-methyl/N-ethyl adjacent to an activating group) is 1. The Morgan fingerprint density at radius 1 is 1.23 bits per heavy atom. The SMILES string of the molecule is CC(c1ccco1)N(C)C(=O)/C=C/c1cc2ccccc2o1. The van der Waals surface area contributed by atoms with Gasteiger partial charge >= 0.3 is 0 Å². The number of amides is 1. The van der Waals surface area contributed by atoms with Crippen molar-refractivity contribution in [2.75, 3.05) is 7.05 Å². The number of carbonyl (C=O) groups is 1.